The van der Waals surface area contributed by atoms with Crippen LogP contribution in [-0.2, 0) is 11.3 Å². The molecule has 1 saturated heterocycles. The molecular weight excluding hydrogens is 252 g/mol. The second-order valence-electron chi connectivity index (χ2n) is 5.81. The van der Waals surface area contributed by atoms with Crippen molar-refractivity contribution in [3.8, 4) is 0 Å². The smallest absolute Gasteiger partial charge is 0.224 e. The highest BCUT2D eigenvalue weighted by Crippen LogP contribution is 2.30. The van der Waals surface area contributed by atoms with Gasteiger partial charge in [-0.25, -0.2) is 4.98 Å². The summed E-state index contributed by atoms with van der Waals surface area (Å²) in [7, 11) is 0. The van der Waals surface area contributed by atoms with Crippen LogP contribution in [0.3, 0.4) is 0 Å². The van der Waals surface area contributed by atoms with E-state index in [2.05, 4.69) is 32.3 Å². The molecule has 1 unspecified atom stereocenters. The lowest BCUT2D eigenvalue weighted by atomic mass is 10.2. The van der Waals surface area contributed by atoms with E-state index in [0.29, 0.717) is 24.4 Å². The Bertz CT molecular complexity index is 646. The fourth-order valence-electron chi connectivity index (χ4n) is 2.96. The molecule has 1 saturated carbocycles. The van der Waals surface area contributed by atoms with Crippen molar-refractivity contribution >= 4 is 16.9 Å². The first-order valence-corrected chi connectivity index (χ1v) is 7.24. The summed E-state index contributed by atoms with van der Waals surface area (Å²) in [6, 6.07) is 7.06. The summed E-state index contributed by atoms with van der Waals surface area (Å²) in [6.45, 7) is 1.67. The Labute approximate surface area is 117 Å². The monoisotopic (exact) mass is 270 g/mol. The van der Waals surface area contributed by atoms with E-state index in [1.54, 1.807) is 6.33 Å². The number of fused-ring (bicyclic) bond motifs is 1. The largest absolute Gasteiger partial charge is 0.345 e. The molecule has 1 aromatic carbocycles. The summed E-state index contributed by atoms with van der Waals surface area (Å²) in [6.07, 6.45) is 4.73. The van der Waals surface area contributed by atoms with Gasteiger partial charge >= 0.3 is 0 Å². The summed E-state index contributed by atoms with van der Waals surface area (Å²) in [5.41, 5.74) is 3.27. The van der Waals surface area contributed by atoms with Gasteiger partial charge in [0.05, 0.1) is 17.4 Å². The molecule has 2 heterocycles. The van der Waals surface area contributed by atoms with E-state index in [4.69, 9.17) is 0 Å². The van der Waals surface area contributed by atoms with Crippen LogP contribution in [0.25, 0.3) is 11.0 Å². The molecule has 0 bridgehead atoms. The van der Waals surface area contributed by atoms with Crippen molar-refractivity contribution in [1.82, 2.24) is 20.2 Å². The Morgan fingerprint density at radius 1 is 1.40 bits per heavy atom. The molecule has 104 valence electrons. The van der Waals surface area contributed by atoms with Gasteiger partial charge in [0, 0.05) is 31.6 Å². The van der Waals surface area contributed by atoms with E-state index in [1.165, 1.54) is 18.4 Å². The SMILES string of the molecule is O=C1CC(NCc2ccc3nc[nH]c3c2)CN1C1CC1. The number of imidazole rings is 1. The number of rotatable bonds is 4. The van der Waals surface area contributed by atoms with Crippen molar-refractivity contribution < 1.29 is 4.79 Å². The standard InChI is InChI=1S/C15H18N4O/c20-15-6-11(8-19(15)12-2-3-12)16-7-10-1-4-13-14(5-10)18-9-17-13/h1,4-5,9,11-12,16H,2-3,6-8H2,(H,17,18). The lowest BCUT2D eigenvalue weighted by Crippen LogP contribution is -2.33. The third-order valence-corrected chi connectivity index (χ3v) is 4.23. The van der Waals surface area contributed by atoms with Gasteiger partial charge in [-0.3, -0.25) is 4.79 Å². The average Bonchev–Trinajstić information content (AvgIpc) is 3.06. The van der Waals surface area contributed by atoms with Gasteiger partial charge in [0.15, 0.2) is 0 Å². The number of likely N-dealkylation sites (tertiary alicyclic amines) is 1. The van der Waals surface area contributed by atoms with E-state index in [0.717, 1.165) is 24.1 Å². The van der Waals surface area contributed by atoms with Gasteiger partial charge in [0.2, 0.25) is 5.91 Å². The maximum absolute atomic E-state index is 11.9. The average molecular weight is 270 g/mol. The van der Waals surface area contributed by atoms with Crippen LogP contribution in [0.1, 0.15) is 24.8 Å². The fraction of sp³-hybridized carbons (Fsp3) is 0.467. The van der Waals surface area contributed by atoms with Crippen LogP contribution in [0.15, 0.2) is 24.5 Å². The van der Waals surface area contributed by atoms with E-state index in [1.807, 2.05) is 6.07 Å². The number of aromatic nitrogens is 2. The van der Waals surface area contributed by atoms with Crippen LogP contribution < -0.4 is 5.32 Å². The highest BCUT2D eigenvalue weighted by atomic mass is 16.2. The van der Waals surface area contributed by atoms with Crippen molar-refractivity contribution in [2.24, 2.45) is 0 Å². The van der Waals surface area contributed by atoms with Gasteiger partial charge in [0.25, 0.3) is 0 Å². The van der Waals surface area contributed by atoms with Crippen molar-refractivity contribution in [2.75, 3.05) is 6.54 Å². The molecule has 2 fully saturated rings. The molecule has 20 heavy (non-hydrogen) atoms. The van der Waals surface area contributed by atoms with Gasteiger partial charge in [-0.05, 0) is 30.5 Å². The zero-order valence-corrected chi connectivity index (χ0v) is 11.3. The molecule has 2 N–H and O–H groups in total. The molecular formula is C15H18N4O. The number of H-pyrrole nitrogens is 1. The molecule has 1 aliphatic carbocycles. The highest BCUT2D eigenvalue weighted by Gasteiger charge is 2.38. The number of aromatic amines is 1. The second kappa shape index (κ2) is 4.59. The summed E-state index contributed by atoms with van der Waals surface area (Å²) in [5.74, 6) is 0.314. The van der Waals surface area contributed by atoms with E-state index < -0.39 is 0 Å². The van der Waals surface area contributed by atoms with Gasteiger partial charge in [-0.2, -0.15) is 0 Å². The normalized spacial score (nSPS) is 22.9. The molecule has 4 rings (SSSR count). The number of hydrogen-bond acceptors (Lipinski definition) is 3. The minimum atomic E-state index is 0.292. The fourth-order valence-corrected chi connectivity index (χ4v) is 2.96. The summed E-state index contributed by atoms with van der Waals surface area (Å²) in [5, 5.41) is 3.50. The first kappa shape index (κ1) is 11.9. The molecule has 1 aliphatic heterocycles. The van der Waals surface area contributed by atoms with Crippen LogP contribution in [0, 0.1) is 0 Å². The second-order valence-corrected chi connectivity index (χ2v) is 5.81. The van der Waals surface area contributed by atoms with Crippen LogP contribution in [0.4, 0.5) is 0 Å². The minimum Gasteiger partial charge on any atom is -0.345 e. The van der Waals surface area contributed by atoms with E-state index in [9.17, 15) is 4.79 Å². The number of amides is 1. The Morgan fingerprint density at radius 3 is 3.15 bits per heavy atom. The van der Waals surface area contributed by atoms with E-state index in [-0.39, 0.29) is 0 Å². The van der Waals surface area contributed by atoms with Crippen LogP contribution in [0.5, 0.6) is 0 Å². The Morgan fingerprint density at radius 2 is 2.30 bits per heavy atom. The third kappa shape index (κ3) is 2.18. The molecule has 2 aromatic rings. The predicted molar refractivity (Wildman–Crippen MR) is 76.1 cm³/mol. The summed E-state index contributed by atoms with van der Waals surface area (Å²) >= 11 is 0. The maximum atomic E-state index is 11.9. The van der Waals surface area contributed by atoms with Crippen LogP contribution >= 0.6 is 0 Å². The quantitative estimate of drug-likeness (QED) is 0.883. The van der Waals surface area contributed by atoms with Crippen molar-refractivity contribution in [2.45, 2.75) is 37.9 Å². The lowest BCUT2D eigenvalue weighted by Gasteiger charge is -2.16. The molecule has 0 radical (unpaired) electrons. The van der Waals surface area contributed by atoms with Gasteiger partial charge in [-0.15, -0.1) is 0 Å². The zero-order valence-electron chi connectivity index (χ0n) is 11.3. The molecule has 0 spiro atoms. The highest BCUT2D eigenvalue weighted by molar-refractivity contribution is 5.80. The maximum Gasteiger partial charge on any atom is 0.224 e. The van der Waals surface area contributed by atoms with E-state index >= 15 is 0 Å². The topological polar surface area (TPSA) is 61.0 Å². The number of hydrogen-bond donors (Lipinski definition) is 2. The van der Waals surface area contributed by atoms with Crippen LogP contribution in [0.2, 0.25) is 0 Å². The summed E-state index contributed by atoms with van der Waals surface area (Å²) < 4.78 is 0. The Balaban J connectivity index is 1.39. The van der Waals surface area contributed by atoms with Gasteiger partial charge in [0.1, 0.15) is 0 Å². The number of carbonyl (C=O) groups is 1. The van der Waals surface area contributed by atoms with Gasteiger partial charge < -0.3 is 15.2 Å². The molecule has 1 aromatic heterocycles. The molecule has 5 heteroatoms. The number of nitrogens with one attached hydrogen (secondary N) is 2. The number of carbonyl (C=O) groups excluding carboxylic acids is 1. The first-order valence-electron chi connectivity index (χ1n) is 7.24. The summed E-state index contributed by atoms with van der Waals surface area (Å²) in [4.78, 5) is 21.3. The molecule has 1 amide bonds. The first-order chi connectivity index (χ1) is 9.79. The van der Waals surface area contributed by atoms with Crippen molar-refractivity contribution in [3.63, 3.8) is 0 Å². The third-order valence-electron chi connectivity index (χ3n) is 4.23. The lowest BCUT2D eigenvalue weighted by molar-refractivity contribution is -0.128. The minimum absolute atomic E-state index is 0.292. The Hall–Kier alpha value is -1.88. The van der Waals surface area contributed by atoms with Crippen molar-refractivity contribution in [1.29, 1.82) is 0 Å². The van der Waals surface area contributed by atoms with Crippen LogP contribution in [-0.4, -0.2) is 39.4 Å². The van der Waals surface area contributed by atoms with Gasteiger partial charge in [-0.1, -0.05) is 6.07 Å². The predicted octanol–water partition coefficient (Wildman–Crippen LogP) is 1.42. The molecule has 2 aliphatic rings. The molecule has 1 atom stereocenters. The van der Waals surface area contributed by atoms with Crippen molar-refractivity contribution in [3.05, 3.63) is 30.1 Å². The number of benzene rings is 1. The number of nitrogens with zero attached hydrogens (tertiary/aromatic N) is 2. The molecule has 5 nitrogen and oxygen atoms in total. The Kier molecular flexibility index (Phi) is 2.73. The zero-order chi connectivity index (χ0) is 13.5.